The summed E-state index contributed by atoms with van der Waals surface area (Å²) in [4.78, 5) is 23.0. The summed E-state index contributed by atoms with van der Waals surface area (Å²) >= 11 is 3.40. The fraction of sp³-hybridized carbons (Fsp3) is 0.111. The number of ether oxygens (including phenoxy) is 2. The van der Waals surface area contributed by atoms with Gasteiger partial charge in [-0.25, -0.2) is 0 Å². The Morgan fingerprint density at radius 3 is 2.36 bits per heavy atom. The Labute approximate surface area is 153 Å². The number of primary amides is 1. The first kappa shape index (κ1) is 18.5. The molecule has 0 radical (unpaired) electrons. The number of rotatable bonds is 6. The summed E-state index contributed by atoms with van der Waals surface area (Å²) < 4.78 is 11.2. The maximum atomic E-state index is 12.0. The molecule has 0 aliphatic carbocycles. The van der Waals surface area contributed by atoms with Crippen molar-refractivity contribution in [2.24, 2.45) is 5.73 Å². The summed E-state index contributed by atoms with van der Waals surface area (Å²) in [6.07, 6.45) is 3.05. The number of amides is 2. The van der Waals surface area contributed by atoms with Crippen LogP contribution in [0.3, 0.4) is 0 Å². The Bertz CT molecular complexity index is 817. The smallest absolute Gasteiger partial charge is 0.248 e. The van der Waals surface area contributed by atoms with Crippen LogP contribution in [-0.4, -0.2) is 26.0 Å². The summed E-state index contributed by atoms with van der Waals surface area (Å²) in [5.74, 6) is 0.312. The average Bonchev–Trinajstić information content (AvgIpc) is 2.59. The molecule has 25 heavy (non-hydrogen) atoms. The van der Waals surface area contributed by atoms with Gasteiger partial charge in [-0.15, -0.1) is 0 Å². The van der Waals surface area contributed by atoms with Crippen LogP contribution >= 0.6 is 15.9 Å². The van der Waals surface area contributed by atoms with Gasteiger partial charge in [-0.1, -0.05) is 0 Å². The molecule has 0 spiro atoms. The molecule has 2 rings (SSSR count). The van der Waals surface area contributed by atoms with Crippen LogP contribution in [-0.2, 0) is 4.79 Å². The summed E-state index contributed by atoms with van der Waals surface area (Å²) in [6.45, 7) is 0. The molecule has 0 aliphatic heterocycles. The first-order valence-electron chi connectivity index (χ1n) is 7.25. The van der Waals surface area contributed by atoms with E-state index in [0.717, 1.165) is 10.0 Å². The molecule has 2 aromatic rings. The molecule has 0 aromatic heterocycles. The molecule has 0 heterocycles. The lowest BCUT2D eigenvalue weighted by molar-refractivity contribution is -0.111. The molecule has 0 saturated carbocycles. The van der Waals surface area contributed by atoms with Crippen molar-refractivity contribution in [2.45, 2.75) is 0 Å². The largest absolute Gasteiger partial charge is 0.493 e. The van der Waals surface area contributed by atoms with Crippen molar-refractivity contribution in [3.05, 3.63) is 58.1 Å². The molecular weight excluding hydrogens is 388 g/mol. The first-order valence-corrected chi connectivity index (χ1v) is 8.04. The molecule has 2 amide bonds. The summed E-state index contributed by atoms with van der Waals surface area (Å²) in [5, 5.41) is 2.70. The third-order valence-electron chi connectivity index (χ3n) is 3.32. The van der Waals surface area contributed by atoms with Crippen molar-refractivity contribution < 1.29 is 19.1 Å². The monoisotopic (exact) mass is 404 g/mol. The number of carbonyl (C=O) groups excluding carboxylic acids is 2. The minimum atomic E-state index is -0.517. The standard InChI is InChI=1S/C18H17BrN2O4/c1-24-15-10-11(9-14(19)17(15)25-2)3-8-16(22)21-13-6-4-12(5-7-13)18(20)23/h3-10H,1-2H3,(H2,20,23)(H,21,22)/b8-3+. The van der Waals surface area contributed by atoms with Crippen LogP contribution in [0.15, 0.2) is 46.9 Å². The average molecular weight is 405 g/mol. The van der Waals surface area contributed by atoms with E-state index < -0.39 is 5.91 Å². The molecule has 0 unspecified atom stereocenters. The Kier molecular flexibility index (Phi) is 6.19. The third-order valence-corrected chi connectivity index (χ3v) is 3.91. The molecule has 130 valence electrons. The van der Waals surface area contributed by atoms with Gasteiger partial charge in [-0.3, -0.25) is 9.59 Å². The van der Waals surface area contributed by atoms with Gasteiger partial charge in [0.2, 0.25) is 11.8 Å². The van der Waals surface area contributed by atoms with Crippen LogP contribution in [0.2, 0.25) is 0 Å². The zero-order chi connectivity index (χ0) is 18.4. The maximum absolute atomic E-state index is 12.0. The molecule has 0 saturated heterocycles. The molecule has 6 nitrogen and oxygen atoms in total. The molecule has 0 bridgehead atoms. The normalized spacial score (nSPS) is 10.5. The molecule has 0 fully saturated rings. The summed E-state index contributed by atoms with van der Waals surface area (Å²) in [7, 11) is 3.09. The van der Waals surface area contributed by atoms with Gasteiger partial charge in [0.25, 0.3) is 0 Å². The quantitative estimate of drug-likeness (QED) is 0.723. The number of methoxy groups -OCH3 is 2. The Morgan fingerprint density at radius 1 is 1.12 bits per heavy atom. The minimum Gasteiger partial charge on any atom is -0.493 e. The van der Waals surface area contributed by atoms with Gasteiger partial charge in [0, 0.05) is 17.3 Å². The van der Waals surface area contributed by atoms with Gasteiger partial charge < -0.3 is 20.5 Å². The second-order valence-electron chi connectivity index (χ2n) is 5.00. The number of hydrogen-bond donors (Lipinski definition) is 2. The number of carbonyl (C=O) groups is 2. The molecular formula is C18H17BrN2O4. The predicted molar refractivity (Wildman–Crippen MR) is 99.9 cm³/mol. The van der Waals surface area contributed by atoms with E-state index in [2.05, 4.69) is 21.2 Å². The molecule has 2 aromatic carbocycles. The zero-order valence-electron chi connectivity index (χ0n) is 13.7. The Balaban J connectivity index is 2.09. The van der Waals surface area contributed by atoms with E-state index in [0.29, 0.717) is 22.7 Å². The highest BCUT2D eigenvalue weighted by atomic mass is 79.9. The lowest BCUT2D eigenvalue weighted by Crippen LogP contribution is -2.11. The third kappa shape index (κ3) is 4.84. The lowest BCUT2D eigenvalue weighted by Gasteiger charge is -2.10. The van der Waals surface area contributed by atoms with Crippen molar-refractivity contribution in [3.63, 3.8) is 0 Å². The molecule has 0 aliphatic rings. The van der Waals surface area contributed by atoms with E-state index in [-0.39, 0.29) is 5.91 Å². The van der Waals surface area contributed by atoms with E-state index in [1.165, 1.54) is 6.08 Å². The van der Waals surface area contributed by atoms with Gasteiger partial charge in [-0.05, 0) is 64.0 Å². The Morgan fingerprint density at radius 2 is 1.80 bits per heavy atom. The van der Waals surface area contributed by atoms with E-state index in [4.69, 9.17) is 15.2 Å². The van der Waals surface area contributed by atoms with Crippen molar-refractivity contribution >= 4 is 39.5 Å². The minimum absolute atomic E-state index is 0.308. The van der Waals surface area contributed by atoms with E-state index >= 15 is 0 Å². The van der Waals surface area contributed by atoms with Crippen LogP contribution in [0.4, 0.5) is 5.69 Å². The van der Waals surface area contributed by atoms with Crippen molar-refractivity contribution in [3.8, 4) is 11.5 Å². The van der Waals surface area contributed by atoms with E-state index in [9.17, 15) is 9.59 Å². The van der Waals surface area contributed by atoms with Crippen molar-refractivity contribution in [2.75, 3.05) is 19.5 Å². The lowest BCUT2D eigenvalue weighted by atomic mass is 10.1. The topological polar surface area (TPSA) is 90.6 Å². The highest BCUT2D eigenvalue weighted by Gasteiger charge is 2.09. The second-order valence-corrected chi connectivity index (χ2v) is 5.86. The highest BCUT2D eigenvalue weighted by Crippen LogP contribution is 2.36. The fourth-order valence-corrected chi connectivity index (χ4v) is 2.73. The van der Waals surface area contributed by atoms with E-state index in [1.54, 1.807) is 50.6 Å². The highest BCUT2D eigenvalue weighted by molar-refractivity contribution is 9.10. The van der Waals surface area contributed by atoms with Gasteiger partial charge in [-0.2, -0.15) is 0 Å². The van der Waals surface area contributed by atoms with Crippen LogP contribution < -0.4 is 20.5 Å². The van der Waals surface area contributed by atoms with Crippen LogP contribution in [0.5, 0.6) is 11.5 Å². The van der Waals surface area contributed by atoms with Gasteiger partial charge in [0.05, 0.1) is 18.7 Å². The number of hydrogen-bond acceptors (Lipinski definition) is 4. The summed E-state index contributed by atoms with van der Waals surface area (Å²) in [5.41, 5.74) is 6.88. The Hall–Kier alpha value is -2.80. The van der Waals surface area contributed by atoms with Gasteiger partial charge in [0.15, 0.2) is 11.5 Å². The van der Waals surface area contributed by atoms with Crippen LogP contribution in [0.25, 0.3) is 6.08 Å². The van der Waals surface area contributed by atoms with E-state index in [1.807, 2.05) is 6.07 Å². The number of halogens is 1. The number of nitrogens with two attached hydrogens (primary N) is 1. The number of anilines is 1. The fourth-order valence-electron chi connectivity index (χ4n) is 2.11. The van der Waals surface area contributed by atoms with Crippen LogP contribution in [0.1, 0.15) is 15.9 Å². The van der Waals surface area contributed by atoms with Crippen molar-refractivity contribution in [1.29, 1.82) is 0 Å². The maximum Gasteiger partial charge on any atom is 0.248 e. The first-order chi connectivity index (χ1) is 11.9. The molecule has 7 heteroatoms. The van der Waals surface area contributed by atoms with Crippen LogP contribution in [0, 0.1) is 0 Å². The molecule has 0 atom stereocenters. The number of benzene rings is 2. The second kappa shape index (κ2) is 8.34. The molecule has 3 N–H and O–H groups in total. The number of nitrogens with one attached hydrogen (secondary N) is 1. The van der Waals surface area contributed by atoms with Crippen molar-refractivity contribution in [1.82, 2.24) is 0 Å². The SMILES string of the molecule is COc1cc(/C=C/C(=O)Nc2ccc(C(N)=O)cc2)cc(Br)c1OC. The van der Waals surface area contributed by atoms with Gasteiger partial charge in [0.1, 0.15) is 0 Å². The summed E-state index contributed by atoms with van der Waals surface area (Å²) in [6, 6.07) is 9.89. The van der Waals surface area contributed by atoms with Gasteiger partial charge >= 0.3 is 0 Å². The predicted octanol–water partition coefficient (Wildman–Crippen LogP) is 3.22. The zero-order valence-corrected chi connectivity index (χ0v) is 15.3.